The van der Waals surface area contributed by atoms with Gasteiger partial charge in [0.2, 0.25) is 0 Å². The van der Waals surface area contributed by atoms with Crippen molar-refractivity contribution in [1.29, 1.82) is 0 Å². The molecule has 2 aliphatic heterocycles. The average molecular weight is 341 g/mol. The third-order valence-electron chi connectivity index (χ3n) is 6.15. The lowest BCUT2D eigenvalue weighted by Crippen LogP contribution is -2.40. The van der Waals surface area contributed by atoms with Crippen molar-refractivity contribution in [3.05, 3.63) is 89.5 Å². The number of anilines is 2. The van der Waals surface area contributed by atoms with Crippen LogP contribution in [-0.2, 0) is 6.42 Å². The van der Waals surface area contributed by atoms with Crippen molar-refractivity contribution in [1.82, 2.24) is 0 Å². The first-order valence-electron chi connectivity index (χ1n) is 9.38. The van der Waals surface area contributed by atoms with Crippen LogP contribution in [0.1, 0.15) is 35.4 Å². The average Bonchev–Trinajstić information content (AvgIpc) is 3.08. The highest BCUT2D eigenvalue weighted by molar-refractivity contribution is 5.76. The summed E-state index contributed by atoms with van der Waals surface area (Å²) in [5, 5.41) is 0. The lowest BCUT2D eigenvalue weighted by atomic mass is 9.73. The minimum absolute atomic E-state index is 0.461. The Bertz CT molecular complexity index is 946. The molecule has 2 heteroatoms. The maximum absolute atomic E-state index is 5.37. The van der Waals surface area contributed by atoms with E-state index in [2.05, 4.69) is 84.6 Å². The monoisotopic (exact) mass is 341 g/mol. The Hall–Kier alpha value is -2.74. The quantitative estimate of drug-likeness (QED) is 0.596. The highest BCUT2D eigenvalue weighted by Gasteiger charge is 2.44. The van der Waals surface area contributed by atoms with E-state index in [0.717, 1.165) is 12.2 Å². The van der Waals surface area contributed by atoms with E-state index in [0.29, 0.717) is 17.9 Å². The number of nitrogens with zero attached hydrogens (tertiary/aromatic N) is 1. The zero-order valence-electron chi connectivity index (χ0n) is 15.2. The van der Waals surface area contributed by atoms with Gasteiger partial charge in [-0.25, -0.2) is 0 Å². The molecule has 2 aliphatic rings. The van der Waals surface area contributed by atoms with Crippen LogP contribution in [0.2, 0.25) is 0 Å². The van der Waals surface area contributed by atoms with Gasteiger partial charge in [-0.1, -0.05) is 55.5 Å². The molecule has 3 atom stereocenters. The molecule has 0 saturated carbocycles. The van der Waals surface area contributed by atoms with Gasteiger partial charge in [0.25, 0.3) is 0 Å². The Kier molecular flexibility index (Phi) is 3.53. The van der Waals surface area contributed by atoms with Crippen molar-refractivity contribution < 1.29 is 4.74 Å². The minimum Gasteiger partial charge on any atom is -0.497 e. The van der Waals surface area contributed by atoms with Crippen LogP contribution in [0.15, 0.2) is 72.8 Å². The third kappa shape index (κ3) is 2.18. The summed E-state index contributed by atoms with van der Waals surface area (Å²) in [7, 11) is 1.73. The second-order valence-corrected chi connectivity index (χ2v) is 7.42. The molecule has 130 valence electrons. The molecule has 0 bridgehead atoms. The van der Waals surface area contributed by atoms with E-state index in [-0.39, 0.29) is 0 Å². The first kappa shape index (κ1) is 15.5. The molecule has 0 aliphatic carbocycles. The van der Waals surface area contributed by atoms with Crippen LogP contribution < -0.4 is 9.64 Å². The summed E-state index contributed by atoms with van der Waals surface area (Å²) >= 11 is 0. The summed E-state index contributed by atoms with van der Waals surface area (Å²) in [5.74, 6) is 1.86. The van der Waals surface area contributed by atoms with Gasteiger partial charge >= 0.3 is 0 Å². The first-order chi connectivity index (χ1) is 12.8. The number of benzene rings is 3. The van der Waals surface area contributed by atoms with E-state index in [1.54, 1.807) is 7.11 Å². The van der Waals surface area contributed by atoms with E-state index in [4.69, 9.17) is 4.74 Å². The Morgan fingerprint density at radius 3 is 2.31 bits per heavy atom. The second kappa shape index (κ2) is 5.91. The van der Waals surface area contributed by atoms with E-state index in [9.17, 15) is 0 Å². The van der Waals surface area contributed by atoms with Gasteiger partial charge in [-0.2, -0.15) is 0 Å². The molecule has 0 spiro atoms. The van der Waals surface area contributed by atoms with Crippen LogP contribution in [0, 0.1) is 0 Å². The predicted octanol–water partition coefficient (Wildman–Crippen LogP) is 5.66. The number of fused-ring (bicyclic) bond motifs is 5. The van der Waals surface area contributed by atoms with Crippen molar-refractivity contribution in [3.63, 3.8) is 0 Å². The molecule has 3 aromatic rings. The van der Waals surface area contributed by atoms with E-state index in [1.165, 1.54) is 28.1 Å². The van der Waals surface area contributed by atoms with Gasteiger partial charge in [-0.05, 0) is 53.3 Å². The van der Waals surface area contributed by atoms with Gasteiger partial charge in [0.1, 0.15) is 5.75 Å². The number of ether oxygens (including phenoxy) is 1. The standard InChI is InChI=1S/C24H23NO/c1-16-20-8-4-6-10-22(20)25-21-9-5-3-7-18(21)15-23(25)24(16)17-11-13-19(26-2)14-12-17/h3-14,16,23-24H,15H2,1-2H3/t16-,23+,24+/m1/s1. The molecule has 0 aromatic heterocycles. The molecule has 3 aromatic carbocycles. The molecule has 0 unspecified atom stereocenters. The Morgan fingerprint density at radius 1 is 0.846 bits per heavy atom. The van der Waals surface area contributed by atoms with Crippen molar-refractivity contribution >= 4 is 11.4 Å². The van der Waals surface area contributed by atoms with Gasteiger partial charge in [-0.15, -0.1) is 0 Å². The molecule has 0 N–H and O–H groups in total. The van der Waals surface area contributed by atoms with Crippen LogP contribution in [0.25, 0.3) is 0 Å². The largest absolute Gasteiger partial charge is 0.497 e. The molecule has 5 rings (SSSR count). The van der Waals surface area contributed by atoms with Crippen LogP contribution in [0.5, 0.6) is 5.75 Å². The molecule has 26 heavy (non-hydrogen) atoms. The molecular formula is C24H23NO. The number of hydrogen-bond acceptors (Lipinski definition) is 2. The molecule has 2 heterocycles. The predicted molar refractivity (Wildman–Crippen MR) is 107 cm³/mol. The maximum Gasteiger partial charge on any atom is 0.118 e. The fourth-order valence-electron chi connectivity index (χ4n) is 4.97. The van der Waals surface area contributed by atoms with Crippen molar-refractivity contribution in [3.8, 4) is 5.75 Å². The van der Waals surface area contributed by atoms with Crippen LogP contribution in [-0.4, -0.2) is 13.2 Å². The van der Waals surface area contributed by atoms with Crippen LogP contribution >= 0.6 is 0 Å². The summed E-state index contributed by atoms with van der Waals surface area (Å²) in [4.78, 5) is 2.58. The summed E-state index contributed by atoms with van der Waals surface area (Å²) in [6.07, 6.45) is 1.10. The maximum atomic E-state index is 5.37. The molecule has 0 amide bonds. The van der Waals surface area contributed by atoms with E-state index >= 15 is 0 Å². The van der Waals surface area contributed by atoms with Gasteiger partial charge in [0.05, 0.1) is 7.11 Å². The topological polar surface area (TPSA) is 12.5 Å². The summed E-state index contributed by atoms with van der Waals surface area (Å²) < 4.78 is 5.37. The van der Waals surface area contributed by atoms with Gasteiger partial charge in [-0.3, -0.25) is 0 Å². The number of methoxy groups -OCH3 is 1. The van der Waals surface area contributed by atoms with Crippen LogP contribution in [0.4, 0.5) is 11.4 Å². The van der Waals surface area contributed by atoms with Crippen LogP contribution in [0.3, 0.4) is 0 Å². The molecule has 0 saturated heterocycles. The Balaban J connectivity index is 1.68. The highest BCUT2D eigenvalue weighted by atomic mass is 16.5. The Morgan fingerprint density at radius 2 is 1.54 bits per heavy atom. The van der Waals surface area contributed by atoms with E-state index < -0.39 is 0 Å². The van der Waals surface area contributed by atoms with Crippen molar-refractivity contribution in [2.24, 2.45) is 0 Å². The van der Waals surface area contributed by atoms with Gasteiger partial charge in [0.15, 0.2) is 0 Å². The van der Waals surface area contributed by atoms with Gasteiger partial charge < -0.3 is 9.64 Å². The SMILES string of the molecule is COc1ccc([C@@H]2[C@H](C)c3ccccc3N3c4ccccc4C[C@@H]23)cc1. The molecular weight excluding hydrogens is 318 g/mol. The Labute approximate surface area is 155 Å². The van der Waals surface area contributed by atoms with E-state index in [1.807, 2.05) is 0 Å². The molecule has 0 radical (unpaired) electrons. The normalized spacial score (nSPS) is 23.2. The lowest BCUT2D eigenvalue weighted by molar-refractivity contribution is 0.413. The highest BCUT2D eigenvalue weighted by Crippen LogP contribution is 2.54. The summed E-state index contributed by atoms with van der Waals surface area (Å²) in [5.41, 5.74) is 7.05. The first-order valence-corrected chi connectivity index (χ1v) is 9.38. The fourth-order valence-corrected chi connectivity index (χ4v) is 4.97. The third-order valence-corrected chi connectivity index (χ3v) is 6.15. The number of para-hydroxylation sites is 2. The second-order valence-electron chi connectivity index (χ2n) is 7.42. The smallest absolute Gasteiger partial charge is 0.118 e. The van der Waals surface area contributed by atoms with Crippen molar-refractivity contribution in [2.75, 3.05) is 12.0 Å². The molecule has 0 fully saturated rings. The van der Waals surface area contributed by atoms with Gasteiger partial charge in [0, 0.05) is 23.3 Å². The zero-order valence-corrected chi connectivity index (χ0v) is 15.2. The summed E-state index contributed by atoms with van der Waals surface area (Å²) in [6, 6.07) is 26.9. The lowest BCUT2D eigenvalue weighted by Gasteiger charge is -2.44. The van der Waals surface area contributed by atoms with Crippen molar-refractivity contribution in [2.45, 2.75) is 31.2 Å². The number of hydrogen-bond donors (Lipinski definition) is 0. The zero-order chi connectivity index (χ0) is 17.7. The fraction of sp³-hybridized carbons (Fsp3) is 0.250. The number of rotatable bonds is 2. The summed E-state index contributed by atoms with van der Waals surface area (Å²) in [6.45, 7) is 2.38. The minimum atomic E-state index is 0.461. The molecule has 2 nitrogen and oxygen atoms in total.